The van der Waals surface area contributed by atoms with E-state index in [9.17, 15) is 10.1 Å². The Hall–Kier alpha value is -1.42. The first kappa shape index (κ1) is 14.0. The van der Waals surface area contributed by atoms with E-state index < -0.39 is 0 Å². The van der Waals surface area contributed by atoms with E-state index in [1.165, 1.54) is 31.7 Å². The fraction of sp³-hybridized carbons (Fsp3) is 0.600. The van der Waals surface area contributed by atoms with E-state index >= 15 is 0 Å². The second-order valence-electron chi connectivity index (χ2n) is 5.70. The Morgan fingerprint density at radius 3 is 2.79 bits per heavy atom. The van der Waals surface area contributed by atoms with Gasteiger partial charge in [0.1, 0.15) is 0 Å². The number of hydrogen-bond acceptors (Lipinski definition) is 3. The number of non-ortho nitro benzene ring substituents is 1. The molecule has 4 heteroatoms. The number of rotatable bonds is 7. The van der Waals surface area contributed by atoms with E-state index in [0.29, 0.717) is 5.41 Å². The van der Waals surface area contributed by atoms with E-state index in [1.54, 1.807) is 12.1 Å². The van der Waals surface area contributed by atoms with Crippen LogP contribution in [-0.4, -0.2) is 11.5 Å². The summed E-state index contributed by atoms with van der Waals surface area (Å²) in [4.78, 5) is 10.4. The van der Waals surface area contributed by atoms with Crippen LogP contribution in [0.1, 0.15) is 51.1 Å². The van der Waals surface area contributed by atoms with Crippen LogP contribution in [0.2, 0.25) is 0 Å². The van der Waals surface area contributed by atoms with Crippen molar-refractivity contribution in [3.63, 3.8) is 0 Å². The van der Waals surface area contributed by atoms with Crippen LogP contribution in [0.15, 0.2) is 24.3 Å². The van der Waals surface area contributed by atoms with Gasteiger partial charge in [-0.2, -0.15) is 0 Å². The number of nitrogens with zero attached hydrogens (tertiary/aromatic N) is 1. The summed E-state index contributed by atoms with van der Waals surface area (Å²) < 4.78 is 0. The zero-order chi connectivity index (χ0) is 13.9. The normalized spacial score (nSPS) is 18.0. The third kappa shape index (κ3) is 3.53. The van der Waals surface area contributed by atoms with Crippen molar-refractivity contribution in [3.8, 4) is 0 Å². The third-order valence-corrected chi connectivity index (χ3v) is 4.10. The van der Waals surface area contributed by atoms with Crippen LogP contribution in [0.4, 0.5) is 5.69 Å². The van der Waals surface area contributed by atoms with Crippen molar-refractivity contribution in [1.29, 1.82) is 0 Å². The molecular formula is C15H22N2O2. The summed E-state index contributed by atoms with van der Waals surface area (Å²) in [5, 5.41) is 14.3. The van der Waals surface area contributed by atoms with Gasteiger partial charge in [-0.15, -0.1) is 0 Å². The minimum Gasteiger partial charge on any atom is -0.310 e. The molecule has 0 spiro atoms. The summed E-state index contributed by atoms with van der Waals surface area (Å²) in [6.07, 6.45) is 5.14. The van der Waals surface area contributed by atoms with Crippen LogP contribution in [0, 0.1) is 15.5 Å². The first-order chi connectivity index (χ1) is 9.06. The van der Waals surface area contributed by atoms with Crippen LogP contribution in [0.5, 0.6) is 0 Å². The van der Waals surface area contributed by atoms with Gasteiger partial charge in [-0.05, 0) is 37.2 Å². The quantitative estimate of drug-likeness (QED) is 0.600. The maximum absolute atomic E-state index is 10.8. The second kappa shape index (κ2) is 5.70. The summed E-state index contributed by atoms with van der Waals surface area (Å²) in [7, 11) is 0. The molecule has 1 N–H and O–H groups in total. The lowest BCUT2D eigenvalue weighted by Gasteiger charge is -2.19. The van der Waals surface area contributed by atoms with Crippen molar-refractivity contribution in [2.75, 3.05) is 6.54 Å². The Morgan fingerprint density at radius 1 is 1.47 bits per heavy atom. The highest BCUT2D eigenvalue weighted by Gasteiger charge is 2.41. The monoisotopic (exact) mass is 262 g/mol. The van der Waals surface area contributed by atoms with E-state index in [4.69, 9.17) is 0 Å². The molecule has 19 heavy (non-hydrogen) atoms. The Morgan fingerprint density at radius 2 is 2.21 bits per heavy atom. The van der Waals surface area contributed by atoms with Crippen molar-refractivity contribution >= 4 is 5.69 Å². The standard InChI is InChI=1S/C15H22N2O2/c1-3-7-15(8-9-15)11-16-12(2)13-5-4-6-14(10-13)17(18)19/h4-6,10,12,16H,3,7-9,11H2,1-2H3. The Balaban J connectivity index is 1.94. The topological polar surface area (TPSA) is 55.2 Å². The molecule has 2 rings (SSSR count). The fourth-order valence-corrected chi connectivity index (χ4v) is 2.62. The molecule has 0 aliphatic heterocycles. The summed E-state index contributed by atoms with van der Waals surface area (Å²) in [6.45, 7) is 5.32. The molecule has 0 saturated heterocycles. The summed E-state index contributed by atoms with van der Waals surface area (Å²) in [5.41, 5.74) is 1.66. The average Bonchev–Trinajstić information content (AvgIpc) is 3.17. The van der Waals surface area contributed by atoms with Crippen LogP contribution >= 0.6 is 0 Å². The van der Waals surface area contributed by atoms with Gasteiger partial charge in [0.05, 0.1) is 4.92 Å². The van der Waals surface area contributed by atoms with Gasteiger partial charge in [-0.3, -0.25) is 10.1 Å². The van der Waals surface area contributed by atoms with Gasteiger partial charge in [0.15, 0.2) is 0 Å². The van der Waals surface area contributed by atoms with Gasteiger partial charge in [0, 0.05) is 24.7 Å². The fourth-order valence-electron chi connectivity index (χ4n) is 2.62. The van der Waals surface area contributed by atoms with Crippen molar-refractivity contribution in [1.82, 2.24) is 5.32 Å². The van der Waals surface area contributed by atoms with Gasteiger partial charge in [-0.1, -0.05) is 25.5 Å². The van der Waals surface area contributed by atoms with Crippen LogP contribution in [0.3, 0.4) is 0 Å². The number of nitrogens with one attached hydrogen (secondary N) is 1. The van der Waals surface area contributed by atoms with E-state index in [0.717, 1.165) is 12.1 Å². The second-order valence-corrected chi connectivity index (χ2v) is 5.70. The predicted molar refractivity (Wildman–Crippen MR) is 76.1 cm³/mol. The Labute approximate surface area is 114 Å². The highest BCUT2D eigenvalue weighted by atomic mass is 16.6. The third-order valence-electron chi connectivity index (χ3n) is 4.10. The number of benzene rings is 1. The SMILES string of the molecule is CCCC1(CNC(C)c2cccc([N+](=O)[O-])c2)CC1. The van der Waals surface area contributed by atoms with Crippen LogP contribution in [0.25, 0.3) is 0 Å². The molecule has 104 valence electrons. The molecule has 0 aromatic heterocycles. The lowest BCUT2D eigenvalue weighted by Crippen LogP contribution is -2.26. The van der Waals surface area contributed by atoms with Crippen LogP contribution in [-0.2, 0) is 0 Å². The molecule has 1 aromatic rings. The van der Waals surface area contributed by atoms with Gasteiger partial charge in [0.2, 0.25) is 0 Å². The van der Waals surface area contributed by atoms with Gasteiger partial charge in [-0.25, -0.2) is 0 Å². The maximum atomic E-state index is 10.8. The van der Waals surface area contributed by atoms with Crippen molar-refractivity contribution in [2.45, 2.75) is 45.6 Å². The van der Waals surface area contributed by atoms with E-state index in [2.05, 4.69) is 19.2 Å². The van der Waals surface area contributed by atoms with E-state index in [-0.39, 0.29) is 16.7 Å². The number of hydrogen-bond donors (Lipinski definition) is 1. The summed E-state index contributed by atoms with van der Waals surface area (Å²) in [5.74, 6) is 0. The molecule has 1 unspecified atom stereocenters. The largest absolute Gasteiger partial charge is 0.310 e. The molecule has 1 aromatic carbocycles. The molecule has 0 amide bonds. The van der Waals surface area contributed by atoms with Crippen molar-refractivity contribution in [3.05, 3.63) is 39.9 Å². The van der Waals surface area contributed by atoms with Gasteiger partial charge < -0.3 is 5.32 Å². The lowest BCUT2D eigenvalue weighted by molar-refractivity contribution is -0.384. The number of nitro groups is 1. The summed E-state index contributed by atoms with van der Waals surface area (Å²) >= 11 is 0. The summed E-state index contributed by atoms with van der Waals surface area (Å²) in [6, 6.07) is 7.07. The minimum atomic E-state index is -0.338. The zero-order valence-corrected chi connectivity index (χ0v) is 11.7. The molecule has 0 bridgehead atoms. The maximum Gasteiger partial charge on any atom is 0.269 e. The molecule has 1 aliphatic rings. The number of nitro benzene ring substituents is 1. The Bertz CT molecular complexity index is 455. The van der Waals surface area contributed by atoms with Crippen LogP contribution < -0.4 is 5.32 Å². The molecule has 1 saturated carbocycles. The highest BCUT2D eigenvalue weighted by Crippen LogP contribution is 2.49. The molecule has 1 aliphatic carbocycles. The minimum absolute atomic E-state index is 0.161. The highest BCUT2D eigenvalue weighted by molar-refractivity contribution is 5.35. The van der Waals surface area contributed by atoms with Crippen molar-refractivity contribution < 1.29 is 4.92 Å². The molecule has 0 heterocycles. The molecule has 1 fully saturated rings. The lowest BCUT2D eigenvalue weighted by atomic mass is 9.99. The molecule has 0 radical (unpaired) electrons. The zero-order valence-electron chi connectivity index (χ0n) is 11.7. The molecule has 4 nitrogen and oxygen atoms in total. The van der Waals surface area contributed by atoms with Gasteiger partial charge in [0.25, 0.3) is 5.69 Å². The van der Waals surface area contributed by atoms with E-state index in [1.807, 2.05) is 6.07 Å². The first-order valence-corrected chi connectivity index (χ1v) is 7.04. The first-order valence-electron chi connectivity index (χ1n) is 7.04. The van der Waals surface area contributed by atoms with Crippen molar-refractivity contribution in [2.24, 2.45) is 5.41 Å². The average molecular weight is 262 g/mol. The predicted octanol–water partition coefficient (Wildman–Crippen LogP) is 3.83. The van der Waals surface area contributed by atoms with Gasteiger partial charge >= 0.3 is 0 Å². The Kier molecular flexibility index (Phi) is 4.20. The molecular weight excluding hydrogens is 240 g/mol. The smallest absolute Gasteiger partial charge is 0.269 e. The molecule has 1 atom stereocenters.